The Morgan fingerprint density at radius 2 is 1.95 bits per heavy atom. The fraction of sp³-hybridized carbons (Fsp3) is 0.467. The third kappa shape index (κ3) is 4.61. The number of hydrogen-bond acceptors (Lipinski definition) is 6. The first-order valence-corrected chi connectivity index (χ1v) is 6.89. The zero-order chi connectivity index (χ0) is 15.2. The molecule has 0 spiro atoms. The highest BCUT2D eigenvalue weighted by Gasteiger charge is 2.31. The van der Waals surface area contributed by atoms with Gasteiger partial charge in [0.2, 0.25) is 0 Å². The molecule has 1 fully saturated rings. The molecule has 0 amide bonds. The predicted octanol–water partition coefficient (Wildman–Crippen LogP) is 1.57. The topological polar surface area (TPSA) is 73.9 Å². The van der Waals surface area contributed by atoms with Gasteiger partial charge in [0.1, 0.15) is 17.9 Å². The van der Waals surface area contributed by atoms with Gasteiger partial charge in [0, 0.05) is 13.0 Å². The Kier molecular flexibility index (Phi) is 7.14. The van der Waals surface area contributed by atoms with E-state index in [1.165, 1.54) is 7.11 Å². The summed E-state index contributed by atoms with van der Waals surface area (Å²) in [6.45, 7) is 2.69. The van der Waals surface area contributed by atoms with Crippen LogP contribution in [0, 0.1) is 0 Å². The van der Waals surface area contributed by atoms with Crippen LogP contribution in [-0.4, -0.2) is 44.3 Å². The van der Waals surface area contributed by atoms with E-state index in [2.05, 4.69) is 10.1 Å². The Labute approximate surface area is 135 Å². The highest BCUT2D eigenvalue weighted by atomic mass is 35.5. The van der Waals surface area contributed by atoms with E-state index < -0.39 is 0 Å². The van der Waals surface area contributed by atoms with Crippen LogP contribution in [0.2, 0.25) is 0 Å². The number of carbonyl (C=O) groups is 2. The van der Waals surface area contributed by atoms with Gasteiger partial charge in [-0.25, -0.2) is 4.79 Å². The van der Waals surface area contributed by atoms with Crippen LogP contribution >= 0.6 is 12.4 Å². The molecular weight excluding hydrogens is 310 g/mol. The number of ether oxygens (including phenoxy) is 3. The smallest absolute Gasteiger partial charge is 0.338 e. The average molecular weight is 330 g/mol. The number of benzene rings is 1. The molecule has 1 saturated heterocycles. The summed E-state index contributed by atoms with van der Waals surface area (Å²) in [4.78, 5) is 22.9. The molecule has 0 radical (unpaired) electrons. The van der Waals surface area contributed by atoms with Gasteiger partial charge < -0.3 is 19.5 Å². The number of halogens is 1. The van der Waals surface area contributed by atoms with Crippen molar-refractivity contribution >= 4 is 24.3 Å². The summed E-state index contributed by atoms with van der Waals surface area (Å²) in [6.07, 6.45) is 0.467. The van der Waals surface area contributed by atoms with E-state index in [0.717, 1.165) is 0 Å². The van der Waals surface area contributed by atoms with Gasteiger partial charge in [-0.05, 0) is 31.2 Å². The highest BCUT2D eigenvalue weighted by molar-refractivity contribution is 5.89. The van der Waals surface area contributed by atoms with Gasteiger partial charge in [0.25, 0.3) is 0 Å². The van der Waals surface area contributed by atoms with Crippen LogP contribution in [0.15, 0.2) is 24.3 Å². The summed E-state index contributed by atoms with van der Waals surface area (Å²) in [6, 6.07) is 6.44. The fourth-order valence-electron chi connectivity index (χ4n) is 2.19. The van der Waals surface area contributed by atoms with Crippen molar-refractivity contribution in [3.05, 3.63) is 29.8 Å². The summed E-state index contributed by atoms with van der Waals surface area (Å²) in [5.74, 6) is 0.0245. The summed E-state index contributed by atoms with van der Waals surface area (Å²) < 4.78 is 15.4. The lowest BCUT2D eigenvalue weighted by atomic mass is 10.2. The first-order valence-electron chi connectivity index (χ1n) is 6.89. The summed E-state index contributed by atoms with van der Waals surface area (Å²) in [5.41, 5.74) is 0.487. The third-order valence-electron chi connectivity index (χ3n) is 3.24. The molecule has 0 saturated carbocycles. The summed E-state index contributed by atoms with van der Waals surface area (Å²) in [7, 11) is 1.37. The zero-order valence-electron chi connectivity index (χ0n) is 12.5. The fourth-order valence-corrected chi connectivity index (χ4v) is 2.19. The van der Waals surface area contributed by atoms with Gasteiger partial charge in [0.15, 0.2) is 0 Å². The summed E-state index contributed by atoms with van der Waals surface area (Å²) in [5, 5.41) is 3.05. The minimum absolute atomic E-state index is 0. The number of rotatable bonds is 5. The molecule has 2 rings (SSSR count). The van der Waals surface area contributed by atoms with Crippen LogP contribution in [0.3, 0.4) is 0 Å². The Morgan fingerprint density at radius 3 is 2.55 bits per heavy atom. The number of esters is 2. The van der Waals surface area contributed by atoms with E-state index in [0.29, 0.717) is 30.9 Å². The monoisotopic (exact) mass is 329 g/mol. The highest BCUT2D eigenvalue weighted by Crippen LogP contribution is 2.19. The zero-order valence-corrected chi connectivity index (χ0v) is 13.4. The maximum absolute atomic E-state index is 11.5. The van der Waals surface area contributed by atoms with Crippen molar-refractivity contribution in [2.45, 2.75) is 25.5 Å². The molecule has 1 aromatic rings. The van der Waals surface area contributed by atoms with Crippen molar-refractivity contribution in [3.8, 4) is 5.75 Å². The minimum Gasteiger partial charge on any atom is -0.489 e. The van der Waals surface area contributed by atoms with Crippen molar-refractivity contribution in [1.82, 2.24) is 5.32 Å². The molecule has 1 aromatic carbocycles. The van der Waals surface area contributed by atoms with E-state index in [1.54, 1.807) is 31.2 Å². The van der Waals surface area contributed by atoms with Crippen molar-refractivity contribution < 1.29 is 23.8 Å². The van der Waals surface area contributed by atoms with Crippen LogP contribution in [0.5, 0.6) is 5.75 Å². The van der Waals surface area contributed by atoms with Crippen molar-refractivity contribution in [1.29, 1.82) is 0 Å². The summed E-state index contributed by atoms with van der Waals surface area (Å²) >= 11 is 0. The maximum atomic E-state index is 11.5. The molecule has 2 atom stereocenters. The number of nitrogens with one attached hydrogen (secondary N) is 1. The second-order valence-corrected chi connectivity index (χ2v) is 4.70. The van der Waals surface area contributed by atoms with Crippen LogP contribution in [0.25, 0.3) is 0 Å². The van der Waals surface area contributed by atoms with Gasteiger partial charge in [-0.15, -0.1) is 12.4 Å². The van der Waals surface area contributed by atoms with E-state index >= 15 is 0 Å². The lowest BCUT2D eigenvalue weighted by Gasteiger charge is -2.13. The molecule has 1 heterocycles. The lowest BCUT2D eigenvalue weighted by Crippen LogP contribution is -2.31. The Balaban J connectivity index is 0.00000242. The first kappa shape index (κ1) is 18.3. The average Bonchev–Trinajstić information content (AvgIpc) is 2.96. The predicted molar refractivity (Wildman–Crippen MR) is 82.5 cm³/mol. The quantitative estimate of drug-likeness (QED) is 0.827. The molecule has 122 valence electrons. The first-order chi connectivity index (χ1) is 10.1. The molecule has 0 aliphatic carbocycles. The van der Waals surface area contributed by atoms with Gasteiger partial charge in [0.05, 0.1) is 19.3 Å². The van der Waals surface area contributed by atoms with Crippen LogP contribution in [0.1, 0.15) is 23.7 Å². The molecule has 1 aliphatic rings. The second kappa shape index (κ2) is 8.60. The standard InChI is InChI=1S/C15H19NO5.ClH/c1-3-20-14(17)10-4-6-11(7-5-10)21-12-8-13(16-9-12)15(18)19-2;/h4-7,12-13,16H,3,8-9H2,1-2H3;1H. The molecule has 0 aromatic heterocycles. The SMILES string of the molecule is CCOC(=O)c1ccc(OC2CNC(C(=O)OC)C2)cc1.Cl. The van der Waals surface area contributed by atoms with Crippen LogP contribution in [-0.2, 0) is 14.3 Å². The van der Waals surface area contributed by atoms with Gasteiger partial charge >= 0.3 is 11.9 Å². The van der Waals surface area contributed by atoms with E-state index in [1.807, 2.05) is 0 Å². The number of carbonyl (C=O) groups excluding carboxylic acids is 2. The maximum Gasteiger partial charge on any atom is 0.338 e. The Morgan fingerprint density at radius 1 is 1.27 bits per heavy atom. The number of hydrogen-bond donors (Lipinski definition) is 1. The largest absolute Gasteiger partial charge is 0.489 e. The Bertz CT molecular complexity index is 505. The van der Waals surface area contributed by atoms with Crippen LogP contribution in [0.4, 0.5) is 0 Å². The van der Waals surface area contributed by atoms with Gasteiger partial charge in [-0.3, -0.25) is 4.79 Å². The molecule has 1 N–H and O–H groups in total. The van der Waals surface area contributed by atoms with E-state index in [9.17, 15) is 9.59 Å². The van der Waals surface area contributed by atoms with E-state index in [4.69, 9.17) is 9.47 Å². The number of methoxy groups -OCH3 is 1. The van der Waals surface area contributed by atoms with Crippen molar-refractivity contribution in [2.75, 3.05) is 20.3 Å². The van der Waals surface area contributed by atoms with E-state index in [-0.39, 0.29) is 36.5 Å². The molecule has 7 heteroatoms. The molecule has 0 bridgehead atoms. The van der Waals surface area contributed by atoms with Crippen molar-refractivity contribution in [2.24, 2.45) is 0 Å². The van der Waals surface area contributed by atoms with Gasteiger partial charge in [-0.2, -0.15) is 0 Å². The normalized spacial score (nSPS) is 19.9. The molecule has 22 heavy (non-hydrogen) atoms. The third-order valence-corrected chi connectivity index (χ3v) is 3.24. The second-order valence-electron chi connectivity index (χ2n) is 4.70. The lowest BCUT2D eigenvalue weighted by molar-refractivity contribution is -0.142. The molecule has 6 nitrogen and oxygen atoms in total. The molecular formula is C15H20ClNO5. The van der Waals surface area contributed by atoms with Crippen molar-refractivity contribution in [3.63, 3.8) is 0 Å². The van der Waals surface area contributed by atoms with Crippen LogP contribution < -0.4 is 10.1 Å². The minimum atomic E-state index is -0.350. The van der Waals surface area contributed by atoms with Gasteiger partial charge in [-0.1, -0.05) is 0 Å². The molecule has 2 unspecified atom stereocenters. The Hall–Kier alpha value is -1.79. The molecule has 1 aliphatic heterocycles.